The van der Waals surface area contributed by atoms with E-state index in [9.17, 15) is 9.59 Å². The summed E-state index contributed by atoms with van der Waals surface area (Å²) in [5.41, 5.74) is 7.16. The molecular formula is C38H42F2N8O4. The third-order valence-corrected chi connectivity index (χ3v) is 10.0. The first kappa shape index (κ1) is 34.9. The number of likely N-dealkylation sites (N-methyl/N-ethyl adjacent to an activating group) is 1. The molecule has 2 aliphatic heterocycles. The Morgan fingerprint density at radius 2 is 1.75 bits per heavy atom. The van der Waals surface area contributed by atoms with Crippen molar-refractivity contribution < 1.29 is 23.1 Å². The predicted molar refractivity (Wildman–Crippen MR) is 197 cm³/mol. The number of H-pyrrole nitrogens is 1. The lowest BCUT2D eigenvalue weighted by atomic mass is 9.92. The number of pyridine rings is 2. The number of nitrogens with zero attached hydrogens (tertiary/aromatic N) is 6. The number of hydrogen-bond acceptors (Lipinski definition) is 8. The zero-order valence-corrected chi connectivity index (χ0v) is 30.7. The number of carbonyl (C=O) groups excluding carboxylic acids is 2. The van der Waals surface area contributed by atoms with Gasteiger partial charge < -0.3 is 25.2 Å². The van der Waals surface area contributed by atoms with E-state index in [1.54, 1.807) is 70.8 Å². The van der Waals surface area contributed by atoms with Crippen molar-refractivity contribution in [3.05, 3.63) is 69.3 Å². The van der Waals surface area contributed by atoms with Gasteiger partial charge in [-0.3, -0.25) is 24.2 Å². The fraction of sp³-hybridized carbons (Fsp3) is 0.395. The van der Waals surface area contributed by atoms with Gasteiger partial charge in [0.2, 0.25) is 0 Å². The Bertz CT molecular complexity index is 2400. The van der Waals surface area contributed by atoms with Gasteiger partial charge in [0.1, 0.15) is 23.1 Å². The highest BCUT2D eigenvalue weighted by Crippen LogP contribution is 2.46. The summed E-state index contributed by atoms with van der Waals surface area (Å²) in [6, 6.07) is 4.96. The molecule has 2 aliphatic rings. The van der Waals surface area contributed by atoms with Crippen LogP contribution in [-0.4, -0.2) is 74.5 Å². The van der Waals surface area contributed by atoms with E-state index in [-0.39, 0.29) is 58.2 Å². The first-order valence-corrected chi connectivity index (χ1v) is 17.3. The molecule has 3 aromatic heterocycles. The molecule has 5 aromatic rings. The zero-order chi connectivity index (χ0) is 37.7. The number of amides is 2. The second-order valence-electron chi connectivity index (χ2n) is 15.1. The summed E-state index contributed by atoms with van der Waals surface area (Å²) in [6.45, 7) is 14.4. The second kappa shape index (κ2) is 12.0. The molecule has 2 amide bonds. The van der Waals surface area contributed by atoms with E-state index >= 15 is 13.6 Å². The highest BCUT2D eigenvalue weighted by molar-refractivity contribution is 6.13. The zero-order valence-electron chi connectivity index (χ0n) is 30.7. The van der Waals surface area contributed by atoms with Crippen molar-refractivity contribution in [2.75, 3.05) is 35.7 Å². The van der Waals surface area contributed by atoms with Crippen LogP contribution in [-0.2, 0) is 9.53 Å². The molecule has 0 aliphatic carbocycles. The van der Waals surface area contributed by atoms with Crippen LogP contribution in [0.25, 0.3) is 38.6 Å². The molecule has 2 atom stereocenters. The van der Waals surface area contributed by atoms with Gasteiger partial charge in [-0.05, 0) is 76.8 Å². The highest BCUT2D eigenvalue weighted by Gasteiger charge is 2.47. The molecule has 5 heterocycles. The van der Waals surface area contributed by atoms with Gasteiger partial charge in [0, 0.05) is 36.8 Å². The lowest BCUT2D eigenvalue weighted by Gasteiger charge is -2.50. The number of aromatic nitrogens is 4. The molecule has 0 radical (unpaired) electrons. The number of halogens is 2. The monoisotopic (exact) mass is 712 g/mol. The van der Waals surface area contributed by atoms with Crippen molar-refractivity contribution >= 4 is 51.0 Å². The first-order chi connectivity index (χ1) is 24.4. The average molecular weight is 713 g/mol. The molecule has 12 nitrogen and oxygen atoms in total. The Hall–Kier alpha value is -5.53. The molecule has 0 saturated carbocycles. The normalized spacial score (nSPS) is 17.7. The molecule has 0 unspecified atom stereocenters. The Kier molecular flexibility index (Phi) is 8.07. The number of aryl methyl sites for hydroxylation is 2. The lowest BCUT2D eigenvalue weighted by Crippen LogP contribution is -2.66. The molecule has 3 N–H and O–H groups in total. The van der Waals surface area contributed by atoms with E-state index in [0.717, 1.165) is 0 Å². The molecule has 7 rings (SSSR count). The van der Waals surface area contributed by atoms with Gasteiger partial charge in [0.15, 0.2) is 11.6 Å². The van der Waals surface area contributed by atoms with Crippen LogP contribution >= 0.6 is 0 Å². The summed E-state index contributed by atoms with van der Waals surface area (Å²) in [7, 11) is 1.47. The molecule has 1 fully saturated rings. The van der Waals surface area contributed by atoms with Gasteiger partial charge in [-0.2, -0.15) is 5.10 Å². The molecular weight excluding hydrogens is 670 g/mol. The Morgan fingerprint density at radius 3 is 2.42 bits per heavy atom. The number of nitrogens with one attached hydrogen (secondary N) is 1. The van der Waals surface area contributed by atoms with Crippen LogP contribution in [0.1, 0.15) is 64.3 Å². The van der Waals surface area contributed by atoms with Gasteiger partial charge in [-0.1, -0.05) is 19.9 Å². The Morgan fingerprint density at radius 1 is 1.04 bits per heavy atom. The number of aromatic amines is 1. The maximum absolute atomic E-state index is 17.9. The van der Waals surface area contributed by atoms with Gasteiger partial charge in [-0.15, -0.1) is 0 Å². The molecule has 52 heavy (non-hydrogen) atoms. The van der Waals surface area contributed by atoms with Gasteiger partial charge in [0.05, 0.1) is 45.6 Å². The summed E-state index contributed by atoms with van der Waals surface area (Å²) < 4.78 is 41.7. The smallest absolute Gasteiger partial charge is 0.410 e. The van der Waals surface area contributed by atoms with E-state index in [2.05, 4.69) is 15.2 Å². The molecule has 14 heteroatoms. The van der Waals surface area contributed by atoms with E-state index < -0.39 is 46.9 Å². The number of nitrogens with two attached hydrogens (primary N) is 1. The van der Waals surface area contributed by atoms with E-state index in [0.29, 0.717) is 33.4 Å². The third-order valence-electron chi connectivity index (χ3n) is 10.0. The van der Waals surface area contributed by atoms with E-state index in [1.807, 2.05) is 13.8 Å². The number of piperazine rings is 1. The number of fused-ring (bicyclic) bond motifs is 6. The third kappa shape index (κ3) is 5.17. The second-order valence-corrected chi connectivity index (χ2v) is 15.1. The van der Waals surface area contributed by atoms with Crippen LogP contribution in [0.3, 0.4) is 0 Å². The van der Waals surface area contributed by atoms with Gasteiger partial charge >= 0.3 is 6.09 Å². The van der Waals surface area contributed by atoms with Crippen molar-refractivity contribution in [1.29, 1.82) is 0 Å². The number of anilines is 3. The van der Waals surface area contributed by atoms with Gasteiger partial charge in [0.25, 0.3) is 11.5 Å². The maximum Gasteiger partial charge on any atom is 0.410 e. The number of rotatable bonds is 3. The topological polar surface area (TPSA) is 143 Å². The first-order valence-electron chi connectivity index (χ1n) is 17.3. The fourth-order valence-corrected chi connectivity index (χ4v) is 7.67. The summed E-state index contributed by atoms with van der Waals surface area (Å²) in [4.78, 5) is 51.6. The molecule has 272 valence electrons. The van der Waals surface area contributed by atoms with E-state index in [1.165, 1.54) is 27.5 Å². The van der Waals surface area contributed by atoms with Gasteiger partial charge in [-0.25, -0.2) is 13.6 Å². The standard InChI is InChI=1S/C38H42F2N8O4/c1-17(2)29-30(19(4)12-13-42-29)48-31-21(14-22(39)26(28(31)40)25-18(3)10-11-23-27(25)34(41)44-43-23)32-33(36(48)50)45(9)35(49)24-16-46(20(5)15-47(24)32)37(51)52-38(6,7)8/h10-14,17,20,24H,15-16H2,1-9H3,(H3,41,43,44)/t20-,24-/m1/s1. The molecule has 0 bridgehead atoms. The lowest BCUT2D eigenvalue weighted by molar-refractivity contribution is -0.121. The number of ether oxygens (including phenoxy) is 1. The van der Waals surface area contributed by atoms with Crippen molar-refractivity contribution in [3.8, 4) is 16.8 Å². The minimum atomic E-state index is -0.986. The SMILES string of the molecule is Cc1ccnc(C(C)C)c1-n1c(=O)c2c(c3cc(F)c(-c4c(C)ccc5[nH]nc(N)c45)c(F)c31)N1C[C@@H](C)N(C(=O)OC(C)(C)C)C[C@@H]1C(=O)N2C. The Balaban J connectivity index is 1.59. The largest absolute Gasteiger partial charge is 0.444 e. The van der Waals surface area contributed by atoms with Crippen molar-refractivity contribution in [1.82, 2.24) is 24.6 Å². The fourth-order valence-electron chi connectivity index (χ4n) is 7.67. The van der Waals surface area contributed by atoms with Crippen LogP contribution < -0.4 is 21.1 Å². The van der Waals surface area contributed by atoms with Crippen molar-refractivity contribution in [2.45, 2.75) is 79.0 Å². The maximum atomic E-state index is 17.9. The summed E-state index contributed by atoms with van der Waals surface area (Å²) in [6.07, 6.45) is 1.04. The summed E-state index contributed by atoms with van der Waals surface area (Å²) in [5, 5.41) is 7.34. The Labute approximate surface area is 299 Å². The highest BCUT2D eigenvalue weighted by atomic mass is 19.1. The number of hydrogen-bond donors (Lipinski definition) is 2. The number of benzene rings is 2. The minimum absolute atomic E-state index is 0.0338. The van der Waals surface area contributed by atoms with Crippen LogP contribution in [0.5, 0.6) is 0 Å². The van der Waals surface area contributed by atoms with Crippen LogP contribution in [0.15, 0.2) is 35.3 Å². The number of carbonyl (C=O) groups is 2. The molecule has 0 spiro atoms. The average Bonchev–Trinajstić information content (AvgIpc) is 3.43. The van der Waals surface area contributed by atoms with E-state index in [4.69, 9.17) is 10.5 Å². The molecule has 2 aromatic carbocycles. The van der Waals surface area contributed by atoms with Crippen LogP contribution in [0.2, 0.25) is 0 Å². The quantitative estimate of drug-likeness (QED) is 0.221. The predicted octanol–water partition coefficient (Wildman–Crippen LogP) is 6.32. The van der Waals surface area contributed by atoms with Crippen LogP contribution in [0.4, 0.5) is 30.8 Å². The number of nitrogen functional groups attached to an aromatic ring is 1. The minimum Gasteiger partial charge on any atom is -0.444 e. The van der Waals surface area contributed by atoms with Crippen LogP contribution in [0, 0.1) is 25.5 Å². The molecule has 1 saturated heterocycles. The summed E-state index contributed by atoms with van der Waals surface area (Å²) in [5.74, 6) is -2.44. The van der Waals surface area contributed by atoms with Crippen molar-refractivity contribution in [3.63, 3.8) is 0 Å². The van der Waals surface area contributed by atoms with Crippen molar-refractivity contribution in [2.24, 2.45) is 0 Å². The summed E-state index contributed by atoms with van der Waals surface area (Å²) >= 11 is 0.